The number of rotatable bonds is 4. The molecule has 4 nitrogen and oxygen atoms in total. The summed E-state index contributed by atoms with van der Waals surface area (Å²) in [4.78, 5) is 0. The van der Waals surface area contributed by atoms with E-state index in [2.05, 4.69) is 34.6 Å². The first-order chi connectivity index (χ1) is 10.3. The molecule has 106 valence electrons. The Kier molecular flexibility index (Phi) is 3.83. The number of aryl methyl sites for hydroxylation is 1. The Morgan fingerprint density at radius 2 is 1.81 bits per heavy atom. The van der Waals surface area contributed by atoms with Crippen LogP contribution in [0.15, 0.2) is 54.6 Å². The molecule has 3 rings (SSSR count). The highest BCUT2D eigenvalue weighted by molar-refractivity contribution is 7.71. The largest absolute Gasteiger partial charge is 0.378 e. The van der Waals surface area contributed by atoms with Crippen molar-refractivity contribution in [2.24, 2.45) is 0 Å². The van der Waals surface area contributed by atoms with Crippen molar-refractivity contribution in [3.8, 4) is 5.69 Å². The van der Waals surface area contributed by atoms with E-state index in [9.17, 15) is 0 Å². The zero-order chi connectivity index (χ0) is 14.7. The Hall–Kier alpha value is -2.40. The fourth-order valence-electron chi connectivity index (χ4n) is 2.24. The van der Waals surface area contributed by atoms with E-state index in [1.807, 2.05) is 47.0 Å². The van der Waals surface area contributed by atoms with Crippen LogP contribution in [0, 0.1) is 11.7 Å². The van der Waals surface area contributed by atoms with Crippen molar-refractivity contribution in [1.29, 1.82) is 0 Å². The molecule has 0 saturated carbocycles. The van der Waals surface area contributed by atoms with Crippen LogP contribution in [0.4, 0.5) is 5.69 Å². The number of nitrogens with one attached hydrogen (secondary N) is 2. The predicted octanol–water partition coefficient (Wildman–Crippen LogP) is 3.85. The van der Waals surface area contributed by atoms with Crippen molar-refractivity contribution in [3.05, 3.63) is 70.8 Å². The van der Waals surface area contributed by atoms with Gasteiger partial charge >= 0.3 is 0 Å². The minimum Gasteiger partial charge on any atom is -0.378 e. The molecule has 0 radical (unpaired) electrons. The molecule has 0 atom stereocenters. The van der Waals surface area contributed by atoms with Gasteiger partial charge in [0.05, 0.1) is 6.54 Å². The number of hydrogen-bond acceptors (Lipinski definition) is 3. The van der Waals surface area contributed by atoms with E-state index in [1.165, 1.54) is 5.56 Å². The lowest BCUT2D eigenvalue weighted by molar-refractivity contribution is 0.887. The second-order valence-corrected chi connectivity index (χ2v) is 5.17. The summed E-state index contributed by atoms with van der Waals surface area (Å²) < 4.78 is 2.54. The van der Waals surface area contributed by atoms with E-state index in [0.29, 0.717) is 11.3 Å². The molecule has 1 heterocycles. The van der Waals surface area contributed by atoms with E-state index in [1.54, 1.807) is 0 Å². The highest BCUT2D eigenvalue weighted by Gasteiger charge is 2.08. The number of aromatic nitrogens is 3. The van der Waals surface area contributed by atoms with Gasteiger partial charge in [0.1, 0.15) is 0 Å². The number of H-pyrrole nitrogens is 1. The van der Waals surface area contributed by atoms with E-state index < -0.39 is 0 Å². The van der Waals surface area contributed by atoms with Gasteiger partial charge in [-0.05, 0) is 42.9 Å². The van der Waals surface area contributed by atoms with Crippen LogP contribution in [0.1, 0.15) is 11.4 Å². The average Bonchev–Trinajstić information content (AvgIpc) is 2.88. The molecule has 0 spiro atoms. The number of nitrogens with zero attached hydrogens (tertiary/aromatic N) is 2. The van der Waals surface area contributed by atoms with E-state index in [-0.39, 0.29) is 0 Å². The fraction of sp³-hybridized carbons (Fsp3) is 0.125. The van der Waals surface area contributed by atoms with Crippen molar-refractivity contribution in [2.45, 2.75) is 13.5 Å². The first-order valence-electron chi connectivity index (χ1n) is 6.77. The molecule has 0 aliphatic carbocycles. The van der Waals surface area contributed by atoms with Crippen molar-refractivity contribution >= 4 is 17.9 Å². The van der Waals surface area contributed by atoms with E-state index >= 15 is 0 Å². The molecule has 2 N–H and O–H groups in total. The summed E-state index contributed by atoms with van der Waals surface area (Å²) in [5.41, 5.74) is 3.32. The van der Waals surface area contributed by atoms with Crippen LogP contribution in [0.5, 0.6) is 0 Å². The highest BCUT2D eigenvalue weighted by Crippen LogP contribution is 2.16. The Bertz CT molecular complexity index is 789. The molecular formula is C16H16N4S. The molecule has 2 aromatic carbocycles. The third-order valence-corrected chi connectivity index (χ3v) is 3.61. The van der Waals surface area contributed by atoms with Crippen molar-refractivity contribution < 1.29 is 0 Å². The molecule has 0 saturated heterocycles. The second-order valence-electron chi connectivity index (χ2n) is 4.78. The second kappa shape index (κ2) is 5.93. The zero-order valence-electron chi connectivity index (χ0n) is 11.7. The summed E-state index contributed by atoms with van der Waals surface area (Å²) in [7, 11) is 0. The summed E-state index contributed by atoms with van der Waals surface area (Å²) in [6.07, 6.45) is 0. The number of anilines is 1. The van der Waals surface area contributed by atoms with Crippen LogP contribution in [-0.2, 0) is 6.54 Å². The summed E-state index contributed by atoms with van der Waals surface area (Å²) in [5, 5.41) is 10.6. The molecule has 0 bridgehead atoms. The summed E-state index contributed by atoms with van der Waals surface area (Å²) in [6, 6.07) is 18.2. The van der Waals surface area contributed by atoms with Crippen LogP contribution in [0.25, 0.3) is 5.69 Å². The van der Waals surface area contributed by atoms with Gasteiger partial charge in [0.2, 0.25) is 0 Å². The van der Waals surface area contributed by atoms with Gasteiger partial charge < -0.3 is 5.32 Å². The molecule has 0 fully saturated rings. The standard InChI is InChI=1S/C16H16N4S/c1-12-7-5-6-10-14(12)17-11-15-18-19-16(21)20(15)13-8-3-2-4-9-13/h2-10,17H,11H2,1H3,(H,19,21). The number of hydrogen-bond donors (Lipinski definition) is 2. The first-order valence-corrected chi connectivity index (χ1v) is 7.18. The van der Waals surface area contributed by atoms with Gasteiger partial charge in [-0.2, -0.15) is 5.10 Å². The maximum atomic E-state index is 5.33. The van der Waals surface area contributed by atoms with Crippen LogP contribution >= 0.6 is 12.2 Å². The lowest BCUT2D eigenvalue weighted by atomic mass is 10.2. The van der Waals surface area contributed by atoms with Gasteiger partial charge in [-0.15, -0.1) is 0 Å². The third-order valence-electron chi connectivity index (χ3n) is 3.34. The minimum absolute atomic E-state index is 0.600. The van der Waals surface area contributed by atoms with Gasteiger partial charge in [-0.1, -0.05) is 36.4 Å². The summed E-state index contributed by atoms with van der Waals surface area (Å²) >= 11 is 5.33. The molecule has 0 aliphatic rings. The Morgan fingerprint density at radius 3 is 2.57 bits per heavy atom. The Morgan fingerprint density at radius 1 is 1.10 bits per heavy atom. The SMILES string of the molecule is Cc1ccccc1NCc1n[nH]c(=S)n1-c1ccccc1. The lowest BCUT2D eigenvalue weighted by Gasteiger charge is -2.10. The molecule has 0 aliphatic heterocycles. The molecular weight excluding hydrogens is 280 g/mol. The smallest absolute Gasteiger partial charge is 0.199 e. The van der Waals surface area contributed by atoms with Gasteiger partial charge in [0.25, 0.3) is 0 Å². The quantitative estimate of drug-likeness (QED) is 0.719. The first kappa shape index (κ1) is 13.6. The van der Waals surface area contributed by atoms with Gasteiger partial charge in [-0.3, -0.25) is 9.67 Å². The normalized spacial score (nSPS) is 10.5. The zero-order valence-corrected chi connectivity index (χ0v) is 12.5. The van der Waals surface area contributed by atoms with Crippen molar-refractivity contribution in [2.75, 3.05) is 5.32 Å². The van der Waals surface area contributed by atoms with Gasteiger partial charge in [0, 0.05) is 11.4 Å². The number of para-hydroxylation sites is 2. The van der Waals surface area contributed by atoms with Crippen LogP contribution in [0.3, 0.4) is 0 Å². The molecule has 1 aromatic heterocycles. The van der Waals surface area contributed by atoms with Gasteiger partial charge in [0.15, 0.2) is 10.6 Å². The minimum atomic E-state index is 0.600. The average molecular weight is 296 g/mol. The predicted molar refractivity (Wildman–Crippen MR) is 87.3 cm³/mol. The number of aromatic amines is 1. The summed E-state index contributed by atoms with van der Waals surface area (Å²) in [5.74, 6) is 0.856. The molecule has 0 unspecified atom stereocenters. The van der Waals surface area contributed by atoms with Crippen molar-refractivity contribution in [1.82, 2.24) is 14.8 Å². The van der Waals surface area contributed by atoms with E-state index in [4.69, 9.17) is 12.2 Å². The van der Waals surface area contributed by atoms with Crippen LogP contribution in [0.2, 0.25) is 0 Å². The number of benzene rings is 2. The Labute approximate surface area is 128 Å². The molecule has 3 aromatic rings. The monoisotopic (exact) mass is 296 g/mol. The maximum Gasteiger partial charge on any atom is 0.199 e. The highest BCUT2D eigenvalue weighted by atomic mass is 32.1. The third kappa shape index (κ3) is 2.87. The van der Waals surface area contributed by atoms with Crippen LogP contribution < -0.4 is 5.32 Å². The lowest BCUT2D eigenvalue weighted by Crippen LogP contribution is -2.08. The van der Waals surface area contributed by atoms with Crippen LogP contribution in [-0.4, -0.2) is 14.8 Å². The molecule has 0 amide bonds. The molecule has 5 heteroatoms. The Balaban J connectivity index is 1.88. The maximum absolute atomic E-state index is 5.33. The fourth-order valence-corrected chi connectivity index (χ4v) is 2.49. The van der Waals surface area contributed by atoms with Crippen molar-refractivity contribution in [3.63, 3.8) is 0 Å². The topological polar surface area (TPSA) is 45.6 Å². The van der Waals surface area contributed by atoms with E-state index in [0.717, 1.165) is 17.2 Å². The molecule has 21 heavy (non-hydrogen) atoms. The summed E-state index contributed by atoms with van der Waals surface area (Å²) in [6.45, 7) is 2.68. The van der Waals surface area contributed by atoms with Gasteiger partial charge in [-0.25, -0.2) is 0 Å².